The number of hydrogen-bond donors (Lipinski definition) is 3. The zero-order valence-corrected chi connectivity index (χ0v) is 23.0. The number of hydrogen-bond acceptors (Lipinski definition) is 6. The maximum absolute atomic E-state index is 14.0. The average molecular weight is 610 g/mol. The molecule has 15 heteroatoms. The molecule has 1 aliphatic heterocycles. The quantitative estimate of drug-likeness (QED) is 0.244. The Kier molecular flexibility index (Phi) is 11.1. The summed E-state index contributed by atoms with van der Waals surface area (Å²) in [4.78, 5) is 50.9. The molecule has 1 aliphatic carbocycles. The third-order valence-corrected chi connectivity index (χ3v) is 7.07. The molecular formula is C27H33F6N3O6. The first-order chi connectivity index (χ1) is 19.7. The van der Waals surface area contributed by atoms with Crippen molar-refractivity contribution in [3.8, 4) is 5.75 Å². The molecule has 1 aromatic rings. The Hall–Kier alpha value is -3.52. The number of alkyl carbamates (subject to hydrolysis) is 1. The number of ether oxygens (including phenoxy) is 2. The Morgan fingerprint density at radius 1 is 1.00 bits per heavy atom. The molecule has 2 unspecified atom stereocenters. The lowest BCUT2D eigenvalue weighted by atomic mass is 9.94. The van der Waals surface area contributed by atoms with Gasteiger partial charge in [0, 0.05) is 31.4 Å². The number of amides is 3. The number of carbonyl (C=O) groups is 4. The van der Waals surface area contributed by atoms with Gasteiger partial charge in [-0.3, -0.25) is 14.4 Å². The molecule has 2 aliphatic rings. The van der Waals surface area contributed by atoms with Crippen LogP contribution in [0.4, 0.5) is 31.1 Å². The molecule has 9 nitrogen and oxygen atoms in total. The van der Waals surface area contributed by atoms with Gasteiger partial charge in [0.05, 0.1) is 6.04 Å². The molecule has 0 aromatic heterocycles. The van der Waals surface area contributed by atoms with Gasteiger partial charge in [-0.15, -0.1) is 0 Å². The van der Waals surface area contributed by atoms with E-state index in [4.69, 9.17) is 9.47 Å². The van der Waals surface area contributed by atoms with Gasteiger partial charge >= 0.3 is 6.09 Å². The summed E-state index contributed by atoms with van der Waals surface area (Å²) in [6.45, 7) is 2.69. The van der Waals surface area contributed by atoms with Crippen LogP contribution in [0.15, 0.2) is 6.07 Å². The number of benzene rings is 1. The maximum Gasteiger partial charge on any atom is 0.408 e. The summed E-state index contributed by atoms with van der Waals surface area (Å²) in [6.07, 6.45) is -2.65. The minimum atomic E-state index is -2.84. The van der Waals surface area contributed by atoms with E-state index in [1.165, 1.54) is 0 Å². The van der Waals surface area contributed by atoms with Crippen molar-refractivity contribution in [2.75, 3.05) is 13.2 Å². The Morgan fingerprint density at radius 3 is 2.17 bits per heavy atom. The van der Waals surface area contributed by atoms with Gasteiger partial charge in [0.15, 0.2) is 23.2 Å². The van der Waals surface area contributed by atoms with Crippen molar-refractivity contribution in [1.29, 1.82) is 0 Å². The van der Waals surface area contributed by atoms with Gasteiger partial charge in [0.2, 0.25) is 29.4 Å². The molecule has 234 valence electrons. The third kappa shape index (κ3) is 8.99. The SMILES string of the molecule is CC(C)CC(NC(=O)OC1CCC(F)(F)CC1)C(=O)NC(C[C@@H]1CCNC1=O)C(=O)COc1c(F)c(F)cc(F)c1F. The highest BCUT2D eigenvalue weighted by molar-refractivity contribution is 5.93. The van der Waals surface area contributed by atoms with Crippen LogP contribution in [0.2, 0.25) is 0 Å². The summed E-state index contributed by atoms with van der Waals surface area (Å²) >= 11 is 0. The van der Waals surface area contributed by atoms with Crippen LogP contribution >= 0.6 is 0 Å². The van der Waals surface area contributed by atoms with Crippen LogP contribution in [0.5, 0.6) is 5.75 Å². The molecule has 3 N–H and O–H groups in total. The molecule has 1 saturated heterocycles. The van der Waals surface area contributed by atoms with E-state index < -0.39 is 102 Å². The predicted molar refractivity (Wildman–Crippen MR) is 135 cm³/mol. The van der Waals surface area contributed by atoms with E-state index >= 15 is 0 Å². The van der Waals surface area contributed by atoms with E-state index in [0.29, 0.717) is 13.0 Å². The highest BCUT2D eigenvalue weighted by Crippen LogP contribution is 2.34. The molecular weight excluding hydrogens is 576 g/mol. The largest absolute Gasteiger partial charge is 0.479 e. The number of nitrogens with one attached hydrogen (secondary N) is 3. The van der Waals surface area contributed by atoms with Gasteiger partial charge in [-0.1, -0.05) is 13.8 Å². The number of alkyl halides is 2. The summed E-state index contributed by atoms with van der Waals surface area (Å²) in [5, 5.41) is 7.38. The zero-order valence-electron chi connectivity index (χ0n) is 23.0. The van der Waals surface area contributed by atoms with Crippen molar-refractivity contribution in [3.05, 3.63) is 29.3 Å². The highest BCUT2D eigenvalue weighted by Gasteiger charge is 2.37. The fourth-order valence-electron chi connectivity index (χ4n) is 4.78. The predicted octanol–water partition coefficient (Wildman–Crippen LogP) is 3.92. The first-order valence-corrected chi connectivity index (χ1v) is 13.6. The molecule has 0 spiro atoms. The molecule has 1 heterocycles. The van der Waals surface area contributed by atoms with Crippen LogP contribution in [0.25, 0.3) is 0 Å². The molecule has 0 bridgehead atoms. The van der Waals surface area contributed by atoms with E-state index in [0.717, 1.165) is 0 Å². The molecule has 3 atom stereocenters. The minimum absolute atomic E-state index is 0.0303. The molecule has 1 aromatic carbocycles. The normalized spacial score (nSPS) is 20.0. The van der Waals surface area contributed by atoms with Crippen molar-refractivity contribution in [2.45, 2.75) is 82.9 Å². The molecule has 3 rings (SSSR count). The number of halogens is 6. The molecule has 2 fully saturated rings. The van der Waals surface area contributed by atoms with E-state index in [9.17, 15) is 45.5 Å². The lowest BCUT2D eigenvalue weighted by molar-refractivity contribution is -0.131. The second-order valence-electron chi connectivity index (χ2n) is 10.9. The summed E-state index contributed by atoms with van der Waals surface area (Å²) in [6, 6.07) is -2.73. The first-order valence-electron chi connectivity index (χ1n) is 13.6. The molecule has 3 amide bonds. The summed E-state index contributed by atoms with van der Waals surface area (Å²) in [5.41, 5.74) is 0. The fourth-order valence-corrected chi connectivity index (χ4v) is 4.78. The van der Waals surface area contributed by atoms with Crippen molar-refractivity contribution >= 4 is 23.7 Å². The lowest BCUT2D eigenvalue weighted by Gasteiger charge is -2.29. The second-order valence-corrected chi connectivity index (χ2v) is 10.9. The van der Waals surface area contributed by atoms with Gasteiger partial charge in [0.1, 0.15) is 18.8 Å². The molecule has 1 saturated carbocycles. The summed E-state index contributed by atoms with van der Waals surface area (Å²) in [5.74, 6) is -14.6. The average Bonchev–Trinajstić information content (AvgIpc) is 3.31. The van der Waals surface area contributed by atoms with E-state index in [1.807, 2.05) is 0 Å². The number of ketones is 1. The van der Waals surface area contributed by atoms with Crippen LogP contribution < -0.4 is 20.7 Å². The van der Waals surface area contributed by atoms with Crippen LogP contribution in [0.3, 0.4) is 0 Å². The number of Topliss-reactive ketones (excluding diaryl/α,β-unsaturated/α-hetero) is 1. The van der Waals surface area contributed by atoms with Crippen LogP contribution in [0, 0.1) is 35.1 Å². The van der Waals surface area contributed by atoms with Gasteiger partial charge in [-0.05, 0) is 38.0 Å². The Morgan fingerprint density at radius 2 is 1.62 bits per heavy atom. The van der Waals surface area contributed by atoms with Crippen molar-refractivity contribution in [2.24, 2.45) is 11.8 Å². The monoisotopic (exact) mass is 609 g/mol. The van der Waals surface area contributed by atoms with Gasteiger partial charge in [-0.25, -0.2) is 22.4 Å². The lowest BCUT2D eigenvalue weighted by Crippen LogP contribution is -2.53. The smallest absolute Gasteiger partial charge is 0.408 e. The van der Waals surface area contributed by atoms with Crippen LogP contribution in [-0.4, -0.2) is 61.0 Å². The summed E-state index contributed by atoms with van der Waals surface area (Å²) < 4.78 is 91.9. The number of rotatable bonds is 12. The van der Waals surface area contributed by atoms with Crippen molar-refractivity contribution in [1.82, 2.24) is 16.0 Å². The topological polar surface area (TPSA) is 123 Å². The van der Waals surface area contributed by atoms with Gasteiger partial charge < -0.3 is 25.4 Å². The first kappa shape index (κ1) is 33.0. The van der Waals surface area contributed by atoms with Crippen LogP contribution in [-0.2, 0) is 19.1 Å². The second kappa shape index (κ2) is 14.1. The minimum Gasteiger partial charge on any atom is -0.479 e. The van der Waals surface area contributed by atoms with E-state index in [1.54, 1.807) is 13.8 Å². The fraction of sp³-hybridized carbons (Fsp3) is 0.630. The van der Waals surface area contributed by atoms with Crippen LogP contribution in [0.1, 0.15) is 58.8 Å². The van der Waals surface area contributed by atoms with E-state index in [-0.39, 0.29) is 37.7 Å². The molecule has 42 heavy (non-hydrogen) atoms. The molecule has 0 radical (unpaired) electrons. The third-order valence-electron chi connectivity index (χ3n) is 7.07. The van der Waals surface area contributed by atoms with Crippen molar-refractivity contribution in [3.63, 3.8) is 0 Å². The van der Waals surface area contributed by atoms with Gasteiger partial charge in [-0.2, -0.15) is 8.78 Å². The zero-order chi connectivity index (χ0) is 31.2. The standard InChI is InChI=1S/C27H33F6N3O6/c1-13(2)9-19(36-26(40)42-15-3-6-27(32,33)7-4-15)25(39)35-18(10-14-5-8-34-24(14)38)20(37)12-41-23-21(30)16(28)11-17(29)22(23)31/h11,13-15,18-19H,3-10,12H2,1-2H3,(H,34,38)(H,35,39)(H,36,40)/t14-,18?,19?/m0/s1. The van der Waals surface area contributed by atoms with Crippen molar-refractivity contribution < 1.29 is 55.0 Å². The van der Waals surface area contributed by atoms with E-state index in [2.05, 4.69) is 16.0 Å². The summed E-state index contributed by atoms with van der Waals surface area (Å²) in [7, 11) is 0. The Bertz CT molecular complexity index is 1150. The maximum atomic E-state index is 14.0. The highest BCUT2D eigenvalue weighted by atomic mass is 19.3. The Labute approximate surface area is 238 Å². The Balaban J connectivity index is 1.71. The number of carbonyl (C=O) groups excluding carboxylic acids is 4. The van der Waals surface area contributed by atoms with Gasteiger partial charge in [0.25, 0.3) is 0 Å².